The number of hydrogen-bond acceptors (Lipinski definition) is 5. The summed E-state index contributed by atoms with van der Waals surface area (Å²) in [5.41, 5.74) is 1.15. The standard InChI is InChI=1S/C20H16ClF3N6O2/c1-11(20(22,23)24)32-15-4-3-12(5-25)18(21)17(15)19(31)29-7-13-6-27-30(14(13)8-29)16-9-28(2)10-26-16/h3-4,6,9-11H,7-8H2,1-2H3/t11-/m0/s1. The van der Waals surface area contributed by atoms with Gasteiger partial charge in [0.15, 0.2) is 11.9 Å². The lowest BCUT2D eigenvalue weighted by molar-refractivity contribution is -0.189. The molecule has 0 saturated heterocycles. The van der Waals surface area contributed by atoms with Crippen LogP contribution < -0.4 is 4.74 Å². The number of nitriles is 1. The van der Waals surface area contributed by atoms with Crippen molar-refractivity contribution in [3.63, 3.8) is 0 Å². The number of benzene rings is 1. The summed E-state index contributed by atoms with van der Waals surface area (Å²) in [6.45, 7) is 1.13. The largest absolute Gasteiger partial charge is 0.480 e. The van der Waals surface area contributed by atoms with Crippen LogP contribution in [0.3, 0.4) is 0 Å². The zero-order valence-corrected chi connectivity index (χ0v) is 17.6. The number of hydrogen-bond donors (Lipinski definition) is 0. The van der Waals surface area contributed by atoms with E-state index in [1.165, 1.54) is 11.0 Å². The molecule has 0 radical (unpaired) electrons. The minimum atomic E-state index is -4.64. The molecule has 3 aromatic rings. The molecular weight excluding hydrogens is 449 g/mol. The van der Waals surface area contributed by atoms with Gasteiger partial charge in [0.25, 0.3) is 5.91 Å². The fourth-order valence-electron chi connectivity index (χ4n) is 3.36. The molecule has 4 rings (SSSR count). The van der Waals surface area contributed by atoms with Crippen LogP contribution in [0, 0.1) is 11.3 Å². The highest BCUT2D eigenvalue weighted by Gasteiger charge is 2.39. The number of imidazole rings is 1. The van der Waals surface area contributed by atoms with Crippen LogP contribution in [0.25, 0.3) is 5.82 Å². The van der Waals surface area contributed by atoms with E-state index in [1.54, 1.807) is 28.0 Å². The number of fused-ring (bicyclic) bond motifs is 1. The molecule has 0 spiro atoms. The molecule has 1 amide bonds. The van der Waals surface area contributed by atoms with E-state index in [1.807, 2.05) is 13.1 Å². The molecule has 0 fully saturated rings. The zero-order chi connectivity index (χ0) is 23.2. The fourth-order valence-corrected chi connectivity index (χ4v) is 3.64. The molecule has 0 saturated carbocycles. The molecule has 0 unspecified atom stereocenters. The number of rotatable bonds is 4. The van der Waals surface area contributed by atoms with Gasteiger partial charge in [-0.1, -0.05) is 11.6 Å². The minimum Gasteiger partial charge on any atom is -0.480 e. The second-order valence-electron chi connectivity index (χ2n) is 7.30. The van der Waals surface area contributed by atoms with Gasteiger partial charge in [-0.2, -0.15) is 23.5 Å². The summed E-state index contributed by atoms with van der Waals surface area (Å²) in [5.74, 6) is -0.429. The van der Waals surface area contributed by atoms with Crippen LogP contribution in [-0.4, -0.2) is 42.4 Å². The number of alkyl halides is 3. The number of carbonyl (C=O) groups is 1. The van der Waals surface area contributed by atoms with Crippen molar-refractivity contribution in [1.82, 2.24) is 24.2 Å². The van der Waals surface area contributed by atoms with E-state index in [2.05, 4.69) is 10.1 Å². The van der Waals surface area contributed by atoms with Gasteiger partial charge < -0.3 is 14.2 Å². The van der Waals surface area contributed by atoms with Crippen molar-refractivity contribution in [2.75, 3.05) is 0 Å². The second kappa shape index (κ2) is 7.87. The molecule has 0 N–H and O–H groups in total. The van der Waals surface area contributed by atoms with Gasteiger partial charge >= 0.3 is 6.18 Å². The first-order valence-corrected chi connectivity index (χ1v) is 9.77. The van der Waals surface area contributed by atoms with Crippen LogP contribution in [0.1, 0.15) is 34.1 Å². The van der Waals surface area contributed by atoms with E-state index in [4.69, 9.17) is 16.3 Å². The maximum absolute atomic E-state index is 13.3. The number of halogens is 4. The number of aryl methyl sites for hydroxylation is 1. The highest BCUT2D eigenvalue weighted by Crippen LogP contribution is 2.36. The first-order valence-electron chi connectivity index (χ1n) is 9.39. The SMILES string of the molecule is C[C@H](Oc1ccc(C#N)c(Cl)c1C(=O)N1Cc2cnn(-c3cn(C)cn3)c2C1)C(F)(F)F. The Balaban J connectivity index is 1.67. The second-order valence-corrected chi connectivity index (χ2v) is 7.68. The van der Waals surface area contributed by atoms with Gasteiger partial charge in [-0.05, 0) is 19.1 Å². The monoisotopic (exact) mass is 464 g/mol. The third kappa shape index (κ3) is 3.78. The minimum absolute atomic E-state index is 0.0431. The molecule has 1 atom stereocenters. The number of nitrogens with zero attached hydrogens (tertiary/aromatic N) is 6. The maximum Gasteiger partial charge on any atom is 0.425 e. The van der Waals surface area contributed by atoms with Crippen LogP contribution in [0.2, 0.25) is 5.02 Å². The van der Waals surface area contributed by atoms with E-state index in [0.29, 0.717) is 5.82 Å². The van der Waals surface area contributed by atoms with Crippen molar-refractivity contribution in [3.8, 4) is 17.6 Å². The molecule has 166 valence electrons. The van der Waals surface area contributed by atoms with Crippen LogP contribution in [0.4, 0.5) is 13.2 Å². The first kappa shape index (κ1) is 21.7. The molecule has 12 heteroatoms. The van der Waals surface area contributed by atoms with E-state index in [0.717, 1.165) is 24.2 Å². The van der Waals surface area contributed by atoms with E-state index in [-0.39, 0.29) is 35.0 Å². The van der Waals surface area contributed by atoms with Crippen molar-refractivity contribution in [1.29, 1.82) is 5.26 Å². The van der Waals surface area contributed by atoms with E-state index in [9.17, 15) is 23.2 Å². The van der Waals surface area contributed by atoms with Crippen molar-refractivity contribution in [2.45, 2.75) is 32.3 Å². The average molecular weight is 465 g/mol. The summed E-state index contributed by atoms with van der Waals surface area (Å²) in [5, 5.41) is 13.3. The Kier molecular flexibility index (Phi) is 5.34. The predicted molar refractivity (Wildman–Crippen MR) is 106 cm³/mol. The molecule has 3 heterocycles. The summed E-state index contributed by atoms with van der Waals surface area (Å²) in [6.07, 6.45) is -1.84. The summed E-state index contributed by atoms with van der Waals surface area (Å²) >= 11 is 6.24. The van der Waals surface area contributed by atoms with Crippen LogP contribution in [0.15, 0.2) is 30.9 Å². The third-order valence-electron chi connectivity index (χ3n) is 5.06. The zero-order valence-electron chi connectivity index (χ0n) is 16.9. The predicted octanol–water partition coefficient (Wildman–Crippen LogP) is 3.62. The van der Waals surface area contributed by atoms with Crippen LogP contribution >= 0.6 is 11.6 Å². The van der Waals surface area contributed by atoms with Gasteiger partial charge in [0.1, 0.15) is 17.4 Å². The summed E-state index contributed by atoms with van der Waals surface area (Å²) in [7, 11) is 1.81. The molecule has 0 bridgehead atoms. The molecule has 8 nitrogen and oxygen atoms in total. The maximum atomic E-state index is 13.3. The van der Waals surface area contributed by atoms with E-state index < -0.39 is 18.2 Å². The summed E-state index contributed by atoms with van der Waals surface area (Å²) < 4.78 is 47.5. The highest BCUT2D eigenvalue weighted by atomic mass is 35.5. The normalized spacial score (nSPS) is 14.2. The Labute approximate surface area is 185 Å². The fraction of sp³-hybridized carbons (Fsp3) is 0.300. The highest BCUT2D eigenvalue weighted by molar-refractivity contribution is 6.35. The first-order chi connectivity index (χ1) is 15.1. The molecule has 0 aliphatic carbocycles. The molecular formula is C20H16ClF3N6O2. The number of carbonyl (C=O) groups excluding carboxylic acids is 1. The van der Waals surface area contributed by atoms with Gasteiger partial charge in [-0.15, -0.1) is 0 Å². The number of aromatic nitrogens is 4. The average Bonchev–Trinajstić information content (AvgIpc) is 3.42. The lowest BCUT2D eigenvalue weighted by atomic mass is 10.1. The Hall–Kier alpha value is -3.52. The Morgan fingerprint density at radius 2 is 2.09 bits per heavy atom. The lowest BCUT2D eigenvalue weighted by Crippen LogP contribution is -2.33. The molecule has 1 aliphatic heterocycles. The van der Waals surface area contributed by atoms with Gasteiger partial charge in [0.05, 0.1) is 35.3 Å². The van der Waals surface area contributed by atoms with Crippen molar-refractivity contribution < 1.29 is 22.7 Å². The van der Waals surface area contributed by atoms with Gasteiger partial charge in [-0.3, -0.25) is 4.79 Å². The van der Waals surface area contributed by atoms with E-state index >= 15 is 0 Å². The van der Waals surface area contributed by atoms with Crippen molar-refractivity contribution in [2.24, 2.45) is 7.05 Å². The molecule has 1 aromatic carbocycles. The summed E-state index contributed by atoms with van der Waals surface area (Å²) in [6, 6.07) is 4.20. The van der Waals surface area contributed by atoms with Gasteiger partial charge in [0.2, 0.25) is 0 Å². The van der Waals surface area contributed by atoms with Crippen molar-refractivity contribution in [3.05, 3.63) is 58.3 Å². The molecule has 2 aromatic heterocycles. The number of ether oxygens (including phenoxy) is 1. The Morgan fingerprint density at radius 1 is 1.34 bits per heavy atom. The van der Waals surface area contributed by atoms with Crippen LogP contribution in [0.5, 0.6) is 5.75 Å². The lowest BCUT2D eigenvalue weighted by Gasteiger charge is -2.23. The number of amides is 1. The van der Waals surface area contributed by atoms with Crippen molar-refractivity contribution >= 4 is 17.5 Å². The molecule has 1 aliphatic rings. The Morgan fingerprint density at radius 3 is 2.72 bits per heavy atom. The van der Waals surface area contributed by atoms with Crippen LogP contribution in [-0.2, 0) is 20.1 Å². The quantitative estimate of drug-likeness (QED) is 0.588. The summed E-state index contributed by atoms with van der Waals surface area (Å²) in [4.78, 5) is 19.0. The topological polar surface area (TPSA) is 89.0 Å². The molecule has 32 heavy (non-hydrogen) atoms. The van der Waals surface area contributed by atoms with Gasteiger partial charge in [0, 0.05) is 25.4 Å². The third-order valence-corrected chi connectivity index (χ3v) is 5.45. The Bertz CT molecular complexity index is 1240. The van der Waals surface area contributed by atoms with Gasteiger partial charge in [-0.25, -0.2) is 9.67 Å². The smallest absolute Gasteiger partial charge is 0.425 e.